The zero-order valence-electron chi connectivity index (χ0n) is 17.5. The summed E-state index contributed by atoms with van der Waals surface area (Å²) in [6.07, 6.45) is -1.55. The van der Waals surface area contributed by atoms with Gasteiger partial charge in [-0.05, 0) is 37.3 Å². The van der Waals surface area contributed by atoms with Crippen molar-refractivity contribution in [2.24, 2.45) is 0 Å². The van der Waals surface area contributed by atoms with Crippen LogP contribution >= 0.6 is 0 Å². The van der Waals surface area contributed by atoms with E-state index >= 15 is 0 Å². The smallest absolute Gasteiger partial charge is 0.388 e. The number of alkyl halides is 3. The molecule has 0 aliphatic carbocycles. The van der Waals surface area contributed by atoms with Crippen LogP contribution in [0.3, 0.4) is 0 Å². The number of hydrogen-bond acceptors (Lipinski definition) is 4. The second-order valence-electron chi connectivity index (χ2n) is 7.09. The lowest BCUT2D eigenvalue weighted by Crippen LogP contribution is -2.18. The molecule has 0 bridgehead atoms. The third-order valence-electron chi connectivity index (χ3n) is 4.92. The molecule has 170 valence electrons. The summed E-state index contributed by atoms with van der Waals surface area (Å²) in [5.41, 5.74) is -0.507. The standard InChI is InChI=1S/C22H18F4N6O/c1-13-28-8-9-31(13)15-6-7-18(17(23)11-15)29-21(33)19-12-20(22(24,25)26)30-32(19)16-5-3-4-14(10-16)27-2/h3-12,27H,1-2H3,(H,29,33). The number of carbonyl (C=O) groups excluding carboxylic acids is 1. The molecule has 33 heavy (non-hydrogen) atoms. The number of carbonyl (C=O) groups is 1. The fraction of sp³-hybridized carbons (Fsp3) is 0.136. The van der Waals surface area contributed by atoms with Crippen LogP contribution in [0, 0.1) is 12.7 Å². The van der Waals surface area contributed by atoms with Crippen molar-refractivity contribution in [3.05, 3.63) is 84.0 Å². The van der Waals surface area contributed by atoms with Gasteiger partial charge >= 0.3 is 6.18 Å². The molecule has 2 aromatic carbocycles. The minimum atomic E-state index is -4.77. The largest absolute Gasteiger partial charge is 0.435 e. The molecule has 2 aromatic heterocycles. The van der Waals surface area contributed by atoms with Crippen LogP contribution in [0.5, 0.6) is 0 Å². The van der Waals surface area contributed by atoms with Crippen molar-refractivity contribution >= 4 is 17.3 Å². The molecule has 0 unspecified atom stereocenters. The van der Waals surface area contributed by atoms with Gasteiger partial charge in [-0.3, -0.25) is 4.79 Å². The van der Waals surface area contributed by atoms with Gasteiger partial charge in [0.1, 0.15) is 17.3 Å². The average molecular weight is 458 g/mol. The highest BCUT2D eigenvalue weighted by Gasteiger charge is 2.36. The van der Waals surface area contributed by atoms with Crippen LogP contribution in [0.25, 0.3) is 11.4 Å². The molecule has 11 heteroatoms. The number of hydrogen-bond donors (Lipinski definition) is 2. The van der Waals surface area contributed by atoms with Gasteiger partial charge in [-0.2, -0.15) is 18.3 Å². The first-order chi connectivity index (χ1) is 15.7. The normalized spacial score (nSPS) is 11.5. The molecule has 0 spiro atoms. The predicted octanol–water partition coefficient (Wildman–Crippen LogP) is 4.82. The zero-order chi connectivity index (χ0) is 23.8. The molecule has 4 rings (SSSR count). The Kier molecular flexibility index (Phi) is 5.62. The van der Waals surface area contributed by atoms with Gasteiger partial charge in [-0.1, -0.05) is 6.07 Å². The molecular weight excluding hydrogens is 440 g/mol. The van der Waals surface area contributed by atoms with Crippen molar-refractivity contribution in [2.45, 2.75) is 13.1 Å². The van der Waals surface area contributed by atoms with Crippen molar-refractivity contribution in [1.82, 2.24) is 19.3 Å². The summed E-state index contributed by atoms with van der Waals surface area (Å²) < 4.78 is 57.2. The van der Waals surface area contributed by atoms with Crippen molar-refractivity contribution < 1.29 is 22.4 Å². The Hall–Kier alpha value is -4.15. The minimum Gasteiger partial charge on any atom is -0.388 e. The van der Waals surface area contributed by atoms with E-state index in [0.29, 0.717) is 23.3 Å². The number of anilines is 2. The monoisotopic (exact) mass is 458 g/mol. The number of benzene rings is 2. The third kappa shape index (κ3) is 4.43. The molecule has 0 aliphatic heterocycles. The Labute approximate surface area is 185 Å². The number of halogens is 4. The Balaban J connectivity index is 1.69. The van der Waals surface area contributed by atoms with Crippen LogP contribution in [0.2, 0.25) is 0 Å². The number of nitrogens with zero attached hydrogens (tertiary/aromatic N) is 4. The fourth-order valence-electron chi connectivity index (χ4n) is 3.26. The van der Waals surface area contributed by atoms with E-state index in [0.717, 1.165) is 4.68 Å². The van der Waals surface area contributed by atoms with E-state index in [9.17, 15) is 22.4 Å². The number of aromatic nitrogens is 4. The van der Waals surface area contributed by atoms with Crippen LogP contribution in [0.4, 0.5) is 28.9 Å². The van der Waals surface area contributed by atoms with Crippen LogP contribution in [-0.4, -0.2) is 32.3 Å². The van der Waals surface area contributed by atoms with E-state index < -0.39 is 29.3 Å². The quantitative estimate of drug-likeness (QED) is 0.421. The van der Waals surface area contributed by atoms with Gasteiger partial charge < -0.3 is 15.2 Å². The second-order valence-corrected chi connectivity index (χ2v) is 7.09. The highest BCUT2D eigenvalue weighted by molar-refractivity contribution is 6.03. The SMILES string of the molecule is CNc1cccc(-n2nc(C(F)(F)F)cc2C(=O)Nc2ccc(-n3ccnc3C)cc2F)c1. The Bertz CT molecular complexity index is 1320. The maximum Gasteiger partial charge on any atom is 0.435 e. The molecular formula is C22H18F4N6O. The van der Waals surface area contributed by atoms with Crippen molar-refractivity contribution in [2.75, 3.05) is 17.7 Å². The predicted molar refractivity (Wildman–Crippen MR) is 114 cm³/mol. The van der Waals surface area contributed by atoms with E-state index in [4.69, 9.17) is 0 Å². The first-order valence-electron chi connectivity index (χ1n) is 9.74. The van der Waals surface area contributed by atoms with Crippen LogP contribution in [-0.2, 0) is 6.18 Å². The van der Waals surface area contributed by atoms with Gasteiger partial charge in [0.2, 0.25) is 0 Å². The van der Waals surface area contributed by atoms with Gasteiger partial charge in [-0.15, -0.1) is 0 Å². The highest BCUT2D eigenvalue weighted by Crippen LogP contribution is 2.30. The summed E-state index contributed by atoms with van der Waals surface area (Å²) in [6.45, 7) is 1.75. The number of imidazole rings is 1. The minimum absolute atomic E-state index is 0.188. The maximum atomic E-state index is 14.7. The number of aryl methyl sites for hydroxylation is 1. The Morgan fingerprint density at radius 2 is 1.85 bits per heavy atom. The summed E-state index contributed by atoms with van der Waals surface area (Å²) in [5, 5.41) is 8.77. The van der Waals surface area contributed by atoms with E-state index in [1.165, 1.54) is 24.3 Å². The summed E-state index contributed by atoms with van der Waals surface area (Å²) in [5.74, 6) is -1.06. The molecule has 2 heterocycles. The third-order valence-corrected chi connectivity index (χ3v) is 4.92. The second kappa shape index (κ2) is 8.41. The molecule has 0 radical (unpaired) electrons. The number of rotatable bonds is 5. The topological polar surface area (TPSA) is 76.8 Å². The molecule has 7 nitrogen and oxygen atoms in total. The van der Waals surface area contributed by atoms with Gasteiger partial charge in [0, 0.05) is 42.9 Å². The molecule has 1 amide bonds. The van der Waals surface area contributed by atoms with E-state index in [1.807, 2.05) is 0 Å². The lowest BCUT2D eigenvalue weighted by atomic mass is 10.2. The van der Waals surface area contributed by atoms with Crippen molar-refractivity contribution in [3.63, 3.8) is 0 Å². The Morgan fingerprint density at radius 1 is 1.06 bits per heavy atom. The Morgan fingerprint density at radius 3 is 2.48 bits per heavy atom. The number of amides is 1. The van der Waals surface area contributed by atoms with Crippen molar-refractivity contribution in [3.8, 4) is 11.4 Å². The van der Waals surface area contributed by atoms with E-state index in [1.54, 1.807) is 49.1 Å². The fourth-order valence-corrected chi connectivity index (χ4v) is 3.26. The van der Waals surface area contributed by atoms with Crippen LogP contribution in [0.1, 0.15) is 22.0 Å². The van der Waals surface area contributed by atoms with Crippen LogP contribution < -0.4 is 10.6 Å². The van der Waals surface area contributed by atoms with Gasteiger partial charge in [-0.25, -0.2) is 14.1 Å². The molecule has 0 aliphatic rings. The average Bonchev–Trinajstić information content (AvgIpc) is 3.42. The summed E-state index contributed by atoms with van der Waals surface area (Å²) in [4.78, 5) is 17.0. The molecule has 0 fully saturated rings. The molecule has 0 saturated carbocycles. The van der Waals surface area contributed by atoms with E-state index in [2.05, 4.69) is 20.7 Å². The van der Waals surface area contributed by atoms with Gasteiger partial charge in [0.05, 0.1) is 11.4 Å². The first-order valence-corrected chi connectivity index (χ1v) is 9.74. The number of nitrogens with one attached hydrogen (secondary N) is 2. The van der Waals surface area contributed by atoms with Crippen LogP contribution in [0.15, 0.2) is 60.9 Å². The molecule has 4 aromatic rings. The maximum absolute atomic E-state index is 14.7. The summed E-state index contributed by atoms with van der Waals surface area (Å²) in [7, 11) is 1.65. The lowest BCUT2D eigenvalue weighted by Gasteiger charge is -2.11. The van der Waals surface area contributed by atoms with Gasteiger partial charge in [0.15, 0.2) is 5.69 Å². The zero-order valence-corrected chi connectivity index (χ0v) is 17.5. The highest BCUT2D eigenvalue weighted by atomic mass is 19.4. The molecule has 2 N–H and O–H groups in total. The summed E-state index contributed by atoms with van der Waals surface area (Å²) in [6, 6.07) is 11.1. The molecule has 0 atom stereocenters. The van der Waals surface area contributed by atoms with Crippen molar-refractivity contribution in [1.29, 1.82) is 0 Å². The summed E-state index contributed by atoms with van der Waals surface area (Å²) >= 11 is 0. The van der Waals surface area contributed by atoms with Gasteiger partial charge in [0.25, 0.3) is 5.91 Å². The lowest BCUT2D eigenvalue weighted by molar-refractivity contribution is -0.141. The first kappa shape index (κ1) is 22.1. The molecule has 0 saturated heterocycles. The van der Waals surface area contributed by atoms with E-state index in [-0.39, 0.29) is 11.4 Å².